The molecular weight excluding hydrogens is 953 g/mol. The van der Waals surface area contributed by atoms with Crippen LogP contribution in [0.25, 0.3) is 10.9 Å². The van der Waals surface area contributed by atoms with Crippen LogP contribution >= 0.6 is 0 Å². The van der Waals surface area contributed by atoms with Crippen molar-refractivity contribution in [2.24, 2.45) is 30.0 Å². The number of carboxylic acids is 2. The van der Waals surface area contributed by atoms with Gasteiger partial charge in [-0.15, -0.1) is 0 Å². The highest BCUT2D eigenvalue weighted by Gasteiger charge is 2.47. The predicted octanol–water partition coefficient (Wildman–Crippen LogP) is 6.92. The molecule has 0 aliphatic carbocycles. The molecule has 0 aliphatic rings. The summed E-state index contributed by atoms with van der Waals surface area (Å²) in [6.07, 6.45) is 1.65. The first-order valence-corrected chi connectivity index (χ1v) is 24.7. The molecule has 0 fully saturated rings. The van der Waals surface area contributed by atoms with Crippen LogP contribution in [0.5, 0.6) is 0 Å². The van der Waals surface area contributed by atoms with Gasteiger partial charge >= 0.3 is 30.2 Å². The summed E-state index contributed by atoms with van der Waals surface area (Å²) in [7, 11) is 4.87. The van der Waals surface area contributed by atoms with Gasteiger partial charge in [0.25, 0.3) is 5.91 Å². The van der Waals surface area contributed by atoms with Crippen molar-refractivity contribution >= 4 is 64.5 Å². The maximum atomic E-state index is 15.1. The lowest BCUT2D eigenvalue weighted by Gasteiger charge is -2.42. The lowest BCUT2D eigenvalue weighted by atomic mass is 9.76. The van der Waals surface area contributed by atoms with Gasteiger partial charge in [-0.25, -0.2) is 24.0 Å². The van der Waals surface area contributed by atoms with E-state index in [1.165, 1.54) is 42.0 Å². The van der Waals surface area contributed by atoms with Crippen LogP contribution in [0.2, 0.25) is 0 Å². The molecule has 3 rings (SSSR count). The van der Waals surface area contributed by atoms with Crippen molar-refractivity contribution in [3.05, 3.63) is 77.5 Å². The highest BCUT2D eigenvalue weighted by molar-refractivity contribution is 6.03. The lowest BCUT2D eigenvalue weighted by molar-refractivity contribution is -0.141. The smallest absolute Gasteiger partial charge is 0.410 e. The van der Waals surface area contributed by atoms with Crippen LogP contribution in [0.3, 0.4) is 0 Å². The van der Waals surface area contributed by atoms with Gasteiger partial charge in [0.2, 0.25) is 11.8 Å². The number of ether oxygens (including phenoxy) is 2. The van der Waals surface area contributed by atoms with Crippen LogP contribution in [0.15, 0.2) is 66.4 Å². The van der Waals surface area contributed by atoms with E-state index >= 15 is 4.79 Å². The topological polar surface area (TPSA) is 272 Å². The fraction of sp³-hybridized carbons (Fsp3) is 0.556. The summed E-state index contributed by atoms with van der Waals surface area (Å²) in [5.41, 5.74) is 4.56. The van der Waals surface area contributed by atoms with E-state index in [-0.39, 0.29) is 43.2 Å². The Morgan fingerprint density at radius 3 is 1.92 bits per heavy atom. The Labute approximate surface area is 435 Å². The second-order valence-electron chi connectivity index (χ2n) is 22.1. The Bertz CT molecular complexity index is 2540. The fourth-order valence-corrected chi connectivity index (χ4v) is 8.82. The number of para-hydroxylation sites is 1. The number of hydrogen-bond donors (Lipinski definition) is 6. The van der Waals surface area contributed by atoms with E-state index in [0.29, 0.717) is 5.56 Å². The highest BCUT2D eigenvalue weighted by Crippen LogP contribution is 2.37. The number of nitrogens with one attached hydrogen (secondary N) is 3. The van der Waals surface area contributed by atoms with Gasteiger partial charge < -0.3 is 50.8 Å². The van der Waals surface area contributed by atoms with E-state index < -0.39 is 100 Å². The summed E-state index contributed by atoms with van der Waals surface area (Å²) >= 11 is 0. The second-order valence-corrected chi connectivity index (χ2v) is 22.1. The third-order valence-corrected chi connectivity index (χ3v) is 12.8. The number of rotatable bonds is 22. The Balaban J connectivity index is 2.08. The summed E-state index contributed by atoms with van der Waals surface area (Å²) in [6, 6.07) is 7.12. The van der Waals surface area contributed by atoms with E-state index in [0.717, 1.165) is 21.4 Å². The summed E-state index contributed by atoms with van der Waals surface area (Å²) in [5.74, 6) is -5.06. The minimum absolute atomic E-state index is 0.0321. The monoisotopic (exact) mass is 1030 g/mol. The van der Waals surface area contributed by atoms with Gasteiger partial charge in [0.05, 0.1) is 6.04 Å². The molecular formula is C54H80N8O12. The fourth-order valence-electron chi connectivity index (χ4n) is 8.82. The Morgan fingerprint density at radius 1 is 0.811 bits per heavy atom. The van der Waals surface area contributed by atoms with Gasteiger partial charge in [0, 0.05) is 61.5 Å². The molecule has 0 saturated heterocycles. The number of carbonyl (C=O) groups is 8. The number of nitrogens with two attached hydrogens (primary N) is 1. The molecule has 0 radical (unpaired) electrons. The first-order chi connectivity index (χ1) is 34.1. The molecule has 0 bridgehead atoms. The number of fused-ring (bicyclic) bond motifs is 1. The number of carboxylic acid groups (broad SMARTS) is 2. The number of nitrogens with zero attached hydrogens (tertiary/aromatic N) is 4. The number of anilines is 1. The maximum absolute atomic E-state index is 15.1. The molecule has 20 heteroatoms. The average Bonchev–Trinajstić information content (AvgIpc) is 3.64. The number of aliphatic carboxylic acids is 2. The Morgan fingerprint density at radius 2 is 1.41 bits per heavy atom. The molecule has 0 unspecified atom stereocenters. The minimum Gasteiger partial charge on any atom is -0.480 e. The number of alkyl carbamates (subject to hydrolysis) is 1. The van der Waals surface area contributed by atoms with E-state index in [9.17, 15) is 43.8 Å². The SMILES string of the molecule is C/C(=C\[C@H](C(C)C)N(C)C(=O)[C@@H](NC(=O)[C@@H](N(C)C(=O)OCc1ccc(N(C(=O)[C@@H](NC(=O)OC(C)(C)C)C(C)C)[C@@H](CCCNC(N)=O)C(=O)O)cc1)C(C)(C)c1cn(C)c2ccccc12)C(C)(C)C)C(=O)O. The van der Waals surface area contributed by atoms with Gasteiger partial charge in [-0.05, 0) is 87.1 Å². The van der Waals surface area contributed by atoms with Crippen LogP contribution < -0.4 is 26.6 Å². The van der Waals surface area contributed by atoms with Crippen molar-refractivity contribution in [3.63, 3.8) is 0 Å². The largest absolute Gasteiger partial charge is 0.480 e. The number of urea groups is 1. The van der Waals surface area contributed by atoms with Crippen LogP contribution in [0.1, 0.15) is 114 Å². The van der Waals surface area contributed by atoms with Gasteiger partial charge in [-0.2, -0.15) is 0 Å². The number of hydrogen-bond acceptors (Lipinski definition) is 10. The van der Waals surface area contributed by atoms with Crippen LogP contribution in [-0.2, 0) is 52.5 Å². The summed E-state index contributed by atoms with van der Waals surface area (Å²) in [6.45, 7) is 22.3. The standard InChI is InChI=1S/C54H80N8O12/c1-31(2)40(28-33(5)47(66)67)60(15)46(65)42(52(6,7)8)58-44(63)43(54(12,13)37-29-59(14)38-21-18-17-20-36(37)38)61(16)51(72)73-30-34-23-25-35(26-24-34)62(39(48(68)69)22-19-27-56-49(55)70)45(64)41(32(3)4)57-50(71)74-53(9,10)11/h17-18,20-21,23-26,28-29,31-32,39-43H,19,22,27,30H2,1-16H3,(H,57,71)(H,58,63)(H,66,67)(H,68,69)(H3,55,56,70)/b33-28+/t39-,40+,41-,42+,43+/m0/s1. The highest BCUT2D eigenvalue weighted by atomic mass is 16.6. The molecule has 1 heterocycles. The zero-order valence-corrected chi connectivity index (χ0v) is 46.0. The molecule has 0 aliphatic heterocycles. The third-order valence-electron chi connectivity index (χ3n) is 12.8. The number of primary amides is 1. The second kappa shape index (κ2) is 25.2. The molecule has 7 N–H and O–H groups in total. The third kappa shape index (κ3) is 15.9. The maximum Gasteiger partial charge on any atom is 0.410 e. The summed E-state index contributed by atoms with van der Waals surface area (Å²) < 4.78 is 13.2. The van der Waals surface area contributed by atoms with Crippen LogP contribution in [0, 0.1) is 17.3 Å². The number of carbonyl (C=O) groups excluding carboxylic acids is 6. The number of aryl methyl sites for hydroxylation is 1. The molecule has 3 aromatic rings. The van der Waals surface area contributed by atoms with Crippen LogP contribution in [-0.4, -0.2) is 129 Å². The van der Waals surface area contributed by atoms with E-state index in [4.69, 9.17) is 15.2 Å². The van der Waals surface area contributed by atoms with E-state index in [1.54, 1.807) is 74.6 Å². The zero-order valence-electron chi connectivity index (χ0n) is 46.0. The van der Waals surface area contributed by atoms with Gasteiger partial charge in [0.1, 0.15) is 36.4 Å². The Hall–Kier alpha value is -7.12. The average molecular weight is 1030 g/mol. The van der Waals surface area contributed by atoms with Crippen molar-refractivity contribution in [1.82, 2.24) is 30.3 Å². The Kier molecular flexibility index (Phi) is 20.8. The molecule has 20 nitrogen and oxygen atoms in total. The first-order valence-electron chi connectivity index (χ1n) is 24.7. The molecule has 408 valence electrons. The van der Waals surface area contributed by atoms with E-state index in [2.05, 4.69) is 16.0 Å². The van der Waals surface area contributed by atoms with Crippen molar-refractivity contribution in [2.45, 2.75) is 151 Å². The van der Waals surface area contributed by atoms with Crippen molar-refractivity contribution < 1.29 is 58.0 Å². The lowest BCUT2D eigenvalue weighted by Crippen LogP contribution is -2.63. The van der Waals surface area contributed by atoms with Gasteiger partial charge in [-0.1, -0.05) is 98.7 Å². The first kappa shape index (κ1) is 61.2. The normalized spacial score (nSPS) is 14.3. The number of likely N-dealkylation sites (N-methyl/N-ethyl adjacent to an activating group) is 2. The summed E-state index contributed by atoms with van der Waals surface area (Å²) in [5, 5.41) is 29.0. The van der Waals surface area contributed by atoms with Crippen LogP contribution in [0.4, 0.5) is 20.1 Å². The van der Waals surface area contributed by atoms with Crippen molar-refractivity contribution in [1.29, 1.82) is 0 Å². The quantitative estimate of drug-likeness (QED) is 0.0442. The molecule has 1 aromatic heterocycles. The molecule has 5 atom stereocenters. The molecule has 0 spiro atoms. The molecule has 2 aromatic carbocycles. The van der Waals surface area contributed by atoms with Gasteiger partial charge in [-0.3, -0.25) is 24.2 Å². The van der Waals surface area contributed by atoms with Crippen molar-refractivity contribution in [3.8, 4) is 0 Å². The predicted molar refractivity (Wildman–Crippen MR) is 282 cm³/mol. The zero-order chi connectivity index (χ0) is 56.4. The van der Waals surface area contributed by atoms with Crippen molar-refractivity contribution in [2.75, 3.05) is 25.5 Å². The number of aromatic nitrogens is 1. The molecule has 74 heavy (non-hydrogen) atoms. The molecule has 0 saturated carbocycles. The van der Waals surface area contributed by atoms with E-state index in [1.807, 2.05) is 69.8 Å². The van der Waals surface area contributed by atoms with Gasteiger partial charge in [0.15, 0.2) is 0 Å². The minimum atomic E-state index is -1.47. The number of amides is 7. The molecule has 7 amide bonds. The summed E-state index contributed by atoms with van der Waals surface area (Å²) in [4.78, 5) is 111. The number of benzene rings is 2.